The molecule has 0 atom stereocenters. The zero-order valence-corrected chi connectivity index (χ0v) is 12.8. The Balaban J connectivity index is 1.37. The van der Waals surface area contributed by atoms with Crippen LogP contribution in [0.4, 0.5) is 0 Å². The molecule has 4 heteroatoms. The minimum absolute atomic E-state index is 0.688. The Morgan fingerprint density at radius 1 is 0.947 bits per heavy atom. The Kier molecular flexibility index (Phi) is 4.59. The number of nitrogens with one attached hydrogen (secondary N) is 1. The molecule has 1 N–H and O–H groups in total. The lowest BCUT2D eigenvalue weighted by atomic mass is 9.89. The van der Waals surface area contributed by atoms with E-state index in [9.17, 15) is 0 Å². The third-order valence-corrected chi connectivity index (χ3v) is 5.18. The van der Waals surface area contributed by atoms with Crippen LogP contribution in [0, 0.1) is 5.92 Å². The van der Waals surface area contributed by atoms with E-state index in [1.54, 1.807) is 0 Å². The maximum absolute atomic E-state index is 5.49. The lowest BCUT2D eigenvalue weighted by Crippen LogP contribution is -2.52. The van der Waals surface area contributed by atoms with Crippen molar-refractivity contribution >= 4 is 17.3 Å². The third-order valence-electron chi connectivity index (χ3n) is 4.81. The molecule has 0 radical (unpaired) electrons. The highest BCUT2D eigenvalue weighted by atomic mass is 32.1. The summed E-state index contributed by atoms with van der Waals surface area (Å²) < 4.78 is 0. The Labute approximate surface area is 122 Å². The van der Waals surface area contributed by atoms with Gasteiger partial charge in [0.1, 0.15) is 0 Å². The summed E-state index contributed by atoms with van der Waals surface area (Å²) in [5.74, 6) is 0.969. The van der Waals surface area contributed by atoms with Gasteiger partial charge in [-0.05, 0) is 43.8 Å². The van der Waals surface area contributed by atoms with E-state index < -0.39 is 0 Å². The van der Waals surface area contributed by atoms with Crippen molar-refractivity contribution in [3.63, 3.8) is 0 Å². The van der Waals surface area contributed by atoms with E-state index in [0.29, 0.717) is 6.04 Å². The summed E-state index contributed by atoms with van der Waals surface area (Å²) >= 11 is 5.49. The molecule has 1 saturated heterocycles. The van der Waals surface area contributed by atoms with Crippen LogP contribution in [0.2, 0.25) is 0 Å². The molecule has 0 aromatic heterocycles. The van der Waals surface area contributed by atoms with Crippen molar-refractivity contribution in [1.29, 1.82) is 0 Å². The average Bonchev–Trinajstić information content (AvgIpc) is 3.25. The maximum atomic E-state index is 5.49. The smallest absolute Gasteiger partial charge is 0.169 e. The molecule has 3 nitrogen and oxygen atoms in total. The molecule has 0 bridgehead atoms. The van der Waals surface area contributed by atoms with Gasteiger partial charge >= 0.3 is 0 Å². The van der Waals surface area contributed by atoms with E-state index in [1.165, 1.54) is 64.6 Å². The molecule has 3 aliphatic rings. The van der Waals surface area contributed by atoms with E-state index in [4.69, 9.17) is 12.2 Å². The van der Waals surface area contributed by atoms with Gasteiger partial charge in [0.15, 0.2) is 5.11 Å². The van der Waals surface area contributed by atoms with Crippen LogP contribution in [-0.2, 0) is 0 Å². The predicted molar refractivity (Wildman–Crippen MR) is 83.3 cm³/mol. The summed E-state index contributed by atoms with van der Waals surface area (Å²) in [6.07, 6.45) is 9.92. The monoisotopic (exact) mass is 281 g/mol. The molecule has 108 valence electrons. The van der Waals surface area contributed by atoms with Crippen LogP contribution in [0.25, 0.3) is 0 Å². The first-order valence-electron chi connectivity index (χ1n) is 8.09. The Morgan fingerprint density at radius 3 is 2.26 bits per heavy atom. The molecule has 0 aromatic carbocycles. The molecule has 3 fully saturated rings. The van der Waals surface area contributed by atoms with E-state index in [2.05, 4.69) is 15.1 Å². The van der Waals surface area contributed by atoms with Gasteiger partial charge in [-0.1, -0.05) is 19.3 Å². The van der Waals surface area contributed by atoms with Crippen LogP contribution < -0.4 is 5.32 Å². The van der Waals surface area contributed by atoms with Gasteiger partial charge in [-0.3, -0.25) is 4.90 Å². The van der Waals surface area contributed by atoms with Crippen LogP contribution in [0.1, 0.15) is 44.9 Å². The molecule has 19 heavy (non-hydrogen) atoms. The summed E-state index contributed by atoms with van der Waals surface area (Å²) in [5.41, 5.74) is 0. The van der Waals surface area contributed by atoms with E-state index in [1.807, 2.05) is 0 Å². The fraction of sp³-hybridized carbons (Fsp3) is 0.933. The first kappa shape index (κ1) is 13.6. The molecular weight excluding hydrogens is 254 g/mol. The number of rotatable bonds is 3. The van der Waals surface area contributed by atoms with E-state index >= 15 is 0 Å². The van der Waals surface area contributed by atoms with Crippen molar-refractivity contribution in [1.82, 2.24) is 15.1 Å². The van der Waals surface area contributed by atoms with Crippen LogP contribution in [0.5, 0.6) is 0 Å². The highest BCUT2D eigenvalue weighted by Crippen LogP contribution is 2.25. The normalized spacial score (nSPS) is 26.4. The van der Waals surface area contributed by atoms with Crippen LogP contribution in [-0.4, -0.2) is 53.7 Å². The number of nitrogens with zero attached hydrogens (tertiary/aromatic N) is 2. The molecular formula is C15H27N3S. The SMILES string of the molecule is S=C(NC1CC1)N1CCN(CC2CCCCC2)CC1. The molecule has 3 rings (SSSR count). The Morgan fingerprint density at radius 2 is 1.63 bits per heavy atom. The number of piperazine rings is 1. The quantitative estimate of drug-likeness (QED) is 0.799. The van der Waals surface area contributed by atoms with Crippen molar-refractivity contribution in [2.24, 2.45) is 5.92 Å². The van der Waals surface area contributed by atoms with Gasteiger partial charge in [0.05, 0.1) is 0 Å². The fourth-order valence-corrected chi connectivity index (χ4v) is 3.71. The van der Waals surface area contributed by atoms with Gasteiger partial charge in [-0.2, -0.15) is 0 Å². The highest BCUT2D eigenvalue weighted by Gasteiger charge is 2.26. The lowest BCUT2D eigenvalue weighted by molar-refractivity contribution is 0.144. The van der Waals surface area contributed by atoms with E-state index in [0.717, 1.165) is 24.1 Å². The second-order valence-electron chi connectivity index (χ2n) is 6.52. The van der Waals surface area contributed by atoms with Crippen LogP contribution in [0.15, 0.2) is 0 Å². The summed E-state index contributed by atoms with van der Waals surface area (Å²) in [6, 6.07) is 0.688. The number of thiocarbonyl (C=S) groups is 1. The Hall–Kier alpha value is -0.350. The highest BCUT2D eigenvalue weighted by molar-refractivity contribution is 7.80. The van der Waals surface area contributed by atoms with Crippen molar-refractivity contribution < 1.29 is 0 Å². The van der Waals surface area contributed by atoms with Gasteiger partial charge in [-0.25, -0.2) is 0 Å². The topological polar surface area (TPSA) is 18.5 Å². The number of hydrogen-bond acceptors (Lipinski definition) is 2. The Bertz CT molecular complexity index is 303. The molecule has 0 amide bonds. The predicted octanol–water partition coefficient (Wildman–Crippen LogP) is 2.22. The van der Waals surface area contributed by atoms with Crippen molar-refractivity contribution in [2.45, 2.75) is 51.0 Å². The van der Waals surface area contributed by atoms with E-state index in [-0.39, 0.29) is 0 Å². The average molecular weight is 281 g/mol. The second-order valence-corrected chi connectivity index (χ2v) is 6.90. The second kappa shape index (κ2) is 6.40. The fourth-order valence-electron chi connectivity index (χ4n) is 3.36. The van der Waals surface area contributed by atoms with Gasteiger partial charge in [0, 0.05) is 38.8 Å². The van der Waals surface area contributed by atoms with Gasteiger partial charge in [0.25, 0.3) is 0 Å². The minimum Gasteiger partial charge on any atom is -0.360 e. The van der Waals surface area contributed by atoms with Crippen molar-refractivity contribution in [3.05, 3.63) is 0 Å². The van der Waals surface area contributed by atoms with Crippen molar-refractivity contribution in [3.8, 4) is 0 Å². The lowest BCUT2D eigenvalue weighted by Gasteiger charge is -2.38. The summed E-state index contributed by atoms with van der Waals surface area (Å²) in [7, 11) is 0. The molecule has 0 unspecified atom stereocenters. The standard InChI is InChI=1S/C15H27N3S/c19-15(16-14-6-7-14)18-10-8-17(9-11-18)12-13-4-2-1-3-5-13/h13-14H,1-12H2,(H,16,19). The molecule has 2 saturated carbocycles. The largest absolute Gasteiger partial charge is 0.360 e. The van der Waals surface area contributed by atoms with Crippen LogP contribution >= 0.6 is 12.2 Å². The minimum atomic E-state index is 0.688. The molecule has 2 aliphatic carbocycles. The first-order chi connectivity index (χ1) is 9.31. The maximum Gasteiger partial charge on any atom is 0.169 e. The molecule has 0 spiro atoms. The summed E-state index contributed by atoms with van der Waals surface area (Å²) in [6.45, 7) is 5.96. The summed E-state index contributed by atoms with van der Waals surface area (Å²) in [5, 5.41) is 4.46. The zero-order valence-electron chi connectivity index (χ0n) is 11.9. The van der Waals surface area contributed by atoms with Gasteiger partial charge < -0.3 is 10.2 Å². The van der Waals surface area contributed by atoms with Crippen LogP contribution in [0.3, 0.4) is 0 Å². The third kappa shape index (κ3) is 4.06. The summed E-state index contributed by atoms with van der Waals surface area (Å²) in [4.78, 5) is 5.03. The molecule has 1 aliphatic heterocycles. The van der Waals surface area contributed by atoms with Gasteiger partial charge in [-0.15, -0.1) is 0 Å². The van der Waals surface area contributed by atoms with Crippen molar-refractivity contribution in [2.75, 3.05) is 32.7 Å². The first-order valence-corrected chi connectivity index (χ1v) is 8.50. The molecule has 1 heterocycles. The number of hydrogen-bond donors (Lipinski definition) is 1. The van der Waals surface area contributed by atoms with Gasteiger partial charge in [0.2, 0.25) is 0 Å². The zero-order chi connectivity index (χ0) is 13.1. The molecule has 0 aromatic rings.